The number of ether oxygens (including phenoxy) is 1. The van der Waals surface area contributed by atoms with Gasteiger partial charge in [0.15, 0.2) is 12.4 Å². The third-order valence-electron chi connectivity index (χ3n) is 7.02. The number of carbonyl (C=O) groups excluding carboxylic acids is 2. The van der Waals surface area contributed by atoms with Gasteiger partial charge in [0.05, 0.1) is 23.5 Å². The summed E-state index contributed by atoms with van der Waals surface area (Å²) in [6, 6.07) is 34.3. The SMILES string of the molecule is CCOC(=O)Cc1c(C(=O)c2ccccc2)sc(SCc2c3ccccc3cc3ccccc23)c1-[n+]1ccccc1. The quantitative estimate of drug-likeness (QED) is 0.0578. The Balaban J connectivity index is 1.50. The lowest BCUT2D eigenvalue weighted by Gasteiger charge is -2.11. The van der Waals surface area contributed by atoms with Gasteiger partial charge in [0.1, 0.15) is 4.21 Å². The molecule has 41 heavy (non-hydrogen) atoms. The van der Waals surface area contributed by atoms with Crippen LogP contribution in [0.25, 0.3) is 27.2 Å². The van der Waals surface area contributed by atoms with Crippen LogP contribution in [0.2, 0.25) is 0 Å². The van der Waals surface area contributed by atoms with E-state index in [1.165, 1.54) is 38.4 Å². The molecule has 4 nitrogen and oxygen atoms in total. The van der Waals surface area contributed by atoms with Gasteiger partial charge in [0.25, 0.3) is 0 Å². The van der Waals surface area contributed by atoms with Gasteiger partial charge < -0.3 is 4.74 Å². The highest BCUT2D eigenvalue weighted by Gasteiger charge is 2.31. The zero-order chi connectivity index (χ0) is 28.2. The largest absolute Gasteiger partial charge is 0.466 e. The minimum atomic E-state index is -0.346. The molecule has 0 aliphatic heterocycles. The smallest absolute Gasteiger partial charge is 0.310 e. The Labute approximate surface area is 247 Å². The number of pyridine rings is 1. The molecule has 0 radical (unpaired) electrons. The molecule has 0 aliphatic carbocycles. The molecule has 0 saturated heterocycles. The summed E-state index contributed by atoms with van der Waals surface area (Å²) < 4.78 is 8.34. The molecule has 0 N–H and O–H groups in total. The first-order valence-corrected chi connectivity index (χ1v) is 15.3. The number of ketones is 1. The lowest BCUT2D eigenvalue weighted by atomic mass is 9.98. The summed E-state index contributed by atoms with van der Waals surface area (Å²) in [4.78, 5) is 27.3. The van der Waals surface area contributed by atoms with E-state index < -0.39 is 0 Å². The molecule has 0 aliphatic rings. The number of aromatic nitrogens is 1. The van der Waals surface area contributed by atoms with Crippen molar-refractivity contribution in [1.29, 1.82) is 0 Å². The molecule has 0 fully saturated rings. The van der Waals surface area contributed by atoms with E-state index in [-0.39, 0.29) is 24.8 Å². The minimum absolute atomic E-state index is 0.0211. The molecular formula is C35H28NO3S2+. The van der Waals surface area contributed by atoms with Crippen LogP contribution in [0.3, 0.4) is 0 Å². The van der Waals surface area contributed by atoms with Crippen LogP contribution in [0.15, 0.2) is 120 Å². The van der Waals surface area contributed by atoms with Crippen molar-refractivity contribution in [3.05, 3.63) is 137 Å². The van der Waals surface area contributed by atoms with E-state index in [0.717, 1.165) is 9.90 Å². The van der Waals surface area contributed by atoms with Crippen LogP contribution >= 0.6 is 23.1 Å². The molecule has 0 amide bonds. The normalized spacial score (nSPS) is 11.1. The fourth-order valence-electron chi connectivity index (χ4n) is 5.17. The van der Waals surface area contributed by atoms with E-state index in [4.69, 9.17) is 4.74 Å². The highest BCUT2D eigenvalue weighted by atomic mass is 32.2. The molecule has 0 bridgehead atoms. The van der Waals surface area contributed by atoms with Crippen LogP contribution in [0.5, 0.6) is 0 Å². The van der Waals surface area contributed by atoms with Gasteiger partial charge in [-0.25, -0.2) is 0 Å². The zero-order valence-electron chi connectivity index (χ0n) is 22.6. The lowest BCUT2D eigenvalue weighted by Crippen LogP contribution is -2.31. The first-order chi connectivity index (χ1) is 20.1. The number of benzene rings is 4. The summed E-state index contributed by atoms with van der Waals surface area (Å²) in [5.74, 6) is 0.276. The molecule has 6 heteroatoms. The monoisotopic (exact) mass is 574 g/mol. The van der Waals surface area contributed by atoms with Gasteiger partial charge in [-0.05, 0) is 40.1 Å². The van der Waals surface area contributed by atoms with Gasteiger partial charge in [0, 0.05) is 23.4 Å². The molecule has 0 unspecified atom stereocenters. The summed E-state index contributed by atoms with van der Waals surface area (Å²) in [7, 11) is 0. The lowest BCUT2D eigenvalue weighted by molar-refractivity contribution is -0.598. The van der Waals surface area contributed by atoms with Crippen LogP contribution in [0.4, 0.5) is 0 Å². The molecular weight excluding hydrogens is 547 g/mol. The molecule has 2 heterocycles. The van der Waals surface area contributed by atoms with Gasteiger partial charge in [-0.2, -0.15) is 4.57 Å². The number of carbonyl (C=O) groups is 2. The number of hydrogen-bond donors (Lipinski definition) is 0. The average Bonchev–Trinajstić information content (AvgIpc) is 3.37. The van der Waals surface area contributed by atoms with Crippen molar-refractivity contribution in [2.75, 3.05) is 6.61 Å². The average molecular weight is 575 g/mol. The Morgan fingerprint density at radius 1 is 0.780 bits per heavy atom. The molecule has 2 aromatic heterocycles. The highest BCUT2D eigenvalue weighted by molar-refractivity contribution is 8.00. The number of rotatable bonds is 9. The van der Waals surface area contributed by atoms with E-state index in [1.807, 2.05) is 65.5 Å². The Hall–Kier alpha value is -4.26. The van der Waals surface area contributed by atoms with Crippen molar-refractivity contribution in [3.63, 3.8) is 0 Å². The van der Waals surface area contributed by atoms with E-state index >= 15 is 0 Å². The molecule has 0 spiro atoms. The number of esters is 1. The molecule has 6 aromatic rings. The van der Waals surface area contributed by atoms with E-state index in [2.05, 4.69) is 54.6 Å². The summed E-state index contributed by atoms with van der Waals surface area (Å²) in [5.41, 5.74) is 3.41. The van der Waals surface area contributed by atoms with Crippen molar-refractivity contribution in [1.82, 2.24) is 0 Å². The fourth-order valence-corrected chi connectivity index (χ4v) is 7.79. The second-order valence-electron chi connectivity index (χ2n) is 9.59. The predicted octanol–water partition coefficient (Wildman–Crippen LogP) is 7.96. The van der Waals surface area contributed by atoms with Crippen LogP contribution in [-0.2, 0) is 21.7 Å². The van der Waals surface area contributed by atoms with Crippen molar-refractivity contribution in [3.8, 4) is 5.69 Å². The molecule has 202 valence electrons. The maximum Gasteiger partial charge on any atom is 0.310 e. The number of fused-ring (bicyclic) bond motifs is 2. The third-order valence-corrected chi connectivity index (χ3v) is 9.53. The molecule has 0 saturated carbocycles. The molecule has 6 rings (SSSR count). The number of hydrogen-bond acceptors (Lipinski definition) is 5. The second kappa shape index (κ2) is 12.1. The van der Waals surface area contributed by atoms with Gasteiger partial charge in [-0.1, -0.05) is 84.9 Å². The van der Waals surface area contributed by atoms with Crippen molar-refractivity contribution in [2.45, 2.75) is 23.3 Å². The minimum Gasteiger partial charge on any atom is -0.466 e. The van der Waals surface area contributed by atoms with Crippen molar-refractivity contribution >= 4 is 56.4 Å². The van der Waals surface area contributed by atoms with Gasteiger partial charge in [-0.15, -0.1) is 23.1 Å². The number of nitrogens with zero attached hydrogens (tertiary/aromatic N) is 1. The molecule has 4 aromatic carbocycles. The topological polar surface area (TPSA) is 47.3 Å². The Bertz CT molecular complexity index is 1810. The number of thiophene rings is 1. The maximum absolute atomic E-state index is 13.9. The fraction of sp³-hybridized carbons (Fsp3) is 0.114. The van der Waals surface area contributed by atoms with Crippen LogP contribution < -0.4 is 4.57 Å². The molecule has 0 atom stereocenters. The summed E-state index contributed by atoms with van der Waals surface area (Å²) in [6.07, 6.45) is 3.95. The Morgan fingerprint density at radius 2 is 1.39 bits per heavy atom. The maximum atomic E-state index is 13.9. The van der Waals surface area contributed by atoms with E-state index in [9.17, 15) is 9.59 Å². The summed E-state index contributed by atoms with van der Waals surface area (Å²) in [6.45, 7) is 2.08. The van der Waals surface area contributed by atoms with Gasteiger partial charge in [0.2, 0.25) is 11.5 Å². The highest BCUT2D eigenvalue weighted by Crippen LogP contribution is 2.41. The second-order valence-corrected chi connectivity index (χ2v) is 11.9. The van der Waals surface area contributed by atoms with Gasteiger partial charge in [-0.3, -0.25) is 9.59 Å². The van der Waals surface area contributed by atoms with Crippen molar-refractivity contribution < 1.29 is 18.9 Å². The predicted molar refractivity (Wildman–Crippen MR) is 167 cm³/mol. The van der Waals surface area contributed by atoms with Crippen LogP contribution in [0.1, 0.15) is 33.3 Å². The summed E-state index contributed by atoms with van der Waals surface area (Å²) >= 11 is 3.16. The first-order valence-electron chi connectivity index (χ1n) is 13.5. The Kier molecular flexibility index (Phi) is 7.94. The van der Waals surface area contributed by atoms with Crippen LogP contribution in [-0.4, -0.2) is 18.4 Å². The van der Waals surface area contributed by atoms with E-state index in [1.54, 1.807) is 18.7 Å². The van der Waals surface area contributed by atoms with Gasteiger partial charge >= 0.3 is 5.97 Å². The van der Waals surface area contributed by atoms with E-state index in [0.29, 0.717) is 21.8 Å². The summed E-state index contributed by atoms with van der Waals surface area (Å²) in [5, 5.41) is 4.84. The Morgan fingerprint density at radius 3 is 2.05 bits per heavy atom. The van der Waals surface area contributed by atoms with Crippen LogP contribution in [0, 0.1) is 0 Å². The first kappa shape index (κ1) is 26.9. The third kappa shape index (κ3) is 5.53. The zero-order valence-corrected chi connectivity index (χ0v) is 24.2. The standard InChI is InChI=1S/C35H28NO3S2/c1-2-39-31(37)22-29-32(36-19-11-4-12-20-36)35(41-34(29)33(38)24-13-5-3-6-14-24)40-23-30-27-17-9-7-15-25(27)21-26-16-8-10-18-28(26)30/h3-21H,2,22-23H2,1H3/q+1. The van der Waals surface area contributed by atoms with Crippen molar-refractivity contribution in [2.24, 2.45) is 0 Å². The number of thioether (sulfide) groups is 1.